The Labute approximate surface area is 167 Å². The number of Topliss-reactive ketones (excluding diaryl/α,β-unsaturated/α-hetero) is 1. The molecule has 1 aromatic heterocycles. The average Bonchev–Trinajstić information content (AvgIpc) is 3.02. The van der Waals surface area contributed by atoms with Gasteiger partial charge in [-0.2, -0.15) is 0 Å². The molecule has 0 aliphatic carbocycles. The van der Waals surface area contributed by atoms with E-state index in [0.29, 0.717) is 17.1 Å². The fraction of sp³-hybridized carbons (Fsp3) is 0.0909. The largest absolute Gasteiger partial charge is 0.290 e. The second-order valence-electron chi connectivity index (χ2n) is 6.42. The van der Waals surface area contributed by atoms with Gasteiger partial charge in [-0.05, 0) is 54.1 Å². The van der Waals surface area contributed by atoms with E-state index in [1.54, 1.807) is 24.3 Å². The zero-order chi connectivity index (χ0) is 18.8. The molecule has 3 aromatic carbocycles. The molecule has 0 saturated heterocycles. The highest BCUT2D eigenvalue weighted by Gasteiger charge is 2.18. The third-order valence-electron chi connectivity index (χ3n) is 4.53. The third-order valence-corrected chi connectivity index (χ3v) is 5.03. The molecule has 0 aliphatic rings. The molecule has 0 fully saturated rings. The Hall–Kier alpha value is -2.62. The van der Waals surface area contributed by atoms with E-state index < -0.39 is 0 Å². The molecule has 4 aromatic rings. The predicted molar refractivity (Wildman–Crippen MR) is 108 cm³/mol. The number of hydrogen-bond donors (Lipinski definition) is 0. The summed E-state index contributed by atoms with van der Waals surface area (Å²) < 4.78 is 4.13. The predicted octanol–water partition coefficient (Wildman–Crippen LogP) is 5.17. The van der Waals surface area contributed by atoms with Gasteiger partial charge in [-0.1, -0.05) is 47.5 Å². The van der Waals surface area contributed by atoms with E-state index in [4.69, 9.17) is 23.2 Å². The van der Waals surface area contributed by atoms with Crippen LogP contribution in [0.4, 0.5) is 0 Å². The number of benzene rings is 3. The highest BCUT2D eigenvalue weighted by atomic mass is 35.5. The van der Waals surface area contributed by atoms with Crippen LogP contribution >= 0.6 is 23.2 Å². The SMILES string of the molecule is O=C(Cn1c[n+](Cc2ccc(Cl)cc2)c2ccccc21)c1ccc(Cl)cc1. The summed E-state index contributed by atoms with van der Waals surface area (Å²) in [4.78, 5) is 12.7. The minimum atomic E-state index is 0.0473. The van der Waals surface area contributed by atoms with Gasteiger partial charge < -0.3 is 0 Å². The maximum Gasteiger partial charge on any atom is 0.245 e. The zero-order valence-electron chi connectivity index (χ0n) is 14.5. The Kier molecular flexibility index (Phi) is 4.97. The molecule has 134 valence electrons. The Bertz CT molecular complexity index is 1100. The summed E-state index contributed by atoms with van der Waals surface area (Å²) in [6.07, 6.45) is 1.99. The molecule has 0 unspecified atom stereocenters. The molecule has 0 aliphatic heterocycles. The summed E-state index contributed by atoms with van der Waals surface area (Å²) in [5.74, 6) is 0.0473. The highest BCUT2D eigenvalue weighted by Crippen LogP contribution is 2.15. The molecule has 27 heavy (non-hydrogen) atoms. The van der Waals surface area contributed by atoms with E-state index in [0.717, 1.165) is 21.6 Å². The average molecular weight is 396 g/mol. The number of aromatic nitrogens is 2. The molecule has 0 saturated carbocycles. The van der Waals surface area contributed by atoms with Gasteiger partial charge in [0.25, 0.3) is 0 Å². The van der Waals surface area contributed by atoms with Crippen LogP contribution in [0.3, 0.4) is 0 Å². The van der Waals surface area contributed by atoms with Crippen molar-refractivity contribution in [3.63, 3.8) is 0 Å². The lowest BCUT2D eigenvalue weighted by molar-refractivity contribution is -0.663. The van der Waals surface area contributed by atoms with Gasteiger partial charge in [0, 0.05) is 15.6 Å². The molecule has 5 heteroatoms. The maximum atomic E-state index is 12.7. The number of fused-ring (bicyclic) bond motifs is 1. The van der Waals surface area contributed by atoms with Crippen LogP contribution in [0.2, 0.25) is 10.0 Å². The van der Waals surface area contributed by atoms with Gasteiger partial charge in [-0.25, -0.2) is 9.13 Å². The molecular formula is C22H17Cl2N2O+. The van der Waals surface area contributed by atoms with Crippen LogP contribution in [0.25, 0.3) is 11.0 Å². The molecule has 0 N–H and O–H groups in total. The molecule has 4 rings (SSSR count). The van der Waals surface area contributed by atoms with Gasteiger partial charge >= 0.3 is 0 Å². The van der Waals surface area contributed by atoms with Crippen molar-refractivity contribution in [3.8, 4) is 0 Å². The fourth-order valence-electron chi connectivity index (χ4n) is 3.16. The molecule has 0 spiro atoms. The Morgan fingerprint density at radius 1 is 0.852 bits per heavy atom. The summed E-state index contributed by atoms with van der Waals surface area (Å²) in [6, 6.07) is 22.9. The van der Waals surface area contributed by atoms with Crippen molar-refractivity contribution in [2.75, 3.05) is 0 Å². The topological polar surface area (TPSA) is 25.9 Å². The lowest BCUT2D eigenvalue weighted by Crippen LogP contribution is -2.33. The summed E-state index contributed by atoms with van der Waals surface area (Å²) >= 11 is 11.9. The van der Waals surface area contributed by atoms with Crippen molar-refractivity contribution in [3.05, 3.63) is 100 Å². The lowest BCUT2D eigenvalue weighted by Gasteiger charge is -2.00. The standard InChI is InChI=1S/C22H17Cl2N2O/c23-18-9-5-16(6-10-18)13-25-15-26(21-4-2-1-3-20(21)25)14-22(27)17-7-11-19(24)12-8-17/h1-12,15H,13-14H2/q+1. The number of rotatable bonds is 5. The second kappa shape index (κ2) is 7.55. The van der Waals surface area contributed by atoms with E-state index in [1.165, 1.54) is 0 Å². The molecule has 0 bridgehead atoms. The first-order valence-electron chi connectivity index (χ1n) is 8.61. The smallest absolute Gasteiger partial charge is 0.245 e. The van der Waals surface area contributed by atoms with E-state index in [-0.39, 0.29) is 12.3 Å². The van der Waals surface area contributed by atoms with Crippen LogP contribution in [-0.4, -0.2) is 10.4 Å². The van der Waals surface area contributed by atoms with Gasteiger partial charge in [0.05, 0.1) is 0 Å². The van der Waals surface area contributed by atoms with Gasteiger partial charge in [0.15, 0.2) is 17.6 Å². The summed E-state index contributed by atoms with van der Waals surface area (Å²) in [5, 5.41) is 1.35. The Morgan fingerprint density at radius 3 is 2.19 bits per heavy atom. The fourth-order valence-corrected chi connectivity index (χ4v) is 3.41. The lowest BCUT2D eigenvalue weighted by atomic mass is 10.1. The summed E-state index contributed by atoms with van der Waals surface area (Å²) in [5.41, 5.74) is 3.91. The van der Waals surface area contributed by atoms with Crippen LogP contribution in [0, 0.1) is 0 Å². The Morgan fingerprint density at radius 2 is 1.48 bits per heavy atom. The molecule has 1 heterocycles. The molecule has 0 atom stereocenters. The minimum Gasteiger partial charge on any atom is -0.290 e. The van der Waals surface area contributed by atoms with Gasteiger partial charge in [-0.3, -0.25) is 4.79 Å². The number of hydrogen-bond acceptors (Lipinski definition) is 1. The maximum absolute atomic E-state index is 12.7. The number of carbonyl (C=O) groups excluding carboxylic acids is 1. The van der Waals surface area contributed by atoms with Crippen LogP contribution in [0.1, 0.15) is 15.9 Å². The number of ketones is 1. The minimum absolute atomic E-state index is 0.0473. The summed E-state index contributed by atoms with van der Waals surface area (Å²) in [7, 11) is 0. The second-order valence-corrected chi connectivity index (χ2v) is 7.29. The van der Waals surface area contributed by atoms with E-state index >= 15 is 0 Å². The molecular weight excluding hydrogens is 379 g/mol. The van der Waals surface area contributed by atoms with E-state index in [1.807, 2.05) is 53.4 Å². The van der Waals surface area contributed by atoms with Crippen LogP contribution in [0.15, 0.2) is 79.1 Å². The van der Waals surface area contributed by atoms with Gasteiger partial charge in [0.2, 0.25) is 12.1 Å². The van der Waals surface area contributed by atoms with E-state index in [9.17, 15) is 4.79 Å². The normalized spacial score (nSPS) is 11.0. The Balaban J connectivity index is 1.66. The van der Waals surface area contributed by atoms with Crippen LogP contribution in [0.5, 0.6) is 0 Å². The molecule has 3 nitrogen and oxygen atoms in total. The summed E-state index contributed by atoms with van der Waals surface area (Å²) in [6.45, 7) is 0.982. The van der Waals surface area contributed by atoms with Crippen molar-refractivity contribution < 1.29 is 9.36 Å². The first-order valence-corrected chi connectivity index (χ1v) is 9.36. The van der Waals surface area contributed by atoms with Crippen molar-refractivity contribution in [2.24, 2.45) is 0 Å². The number of nitrogens with zero attached hydrogens (tertiary/aromatic N) is 2. The molecule has 0 radical (unpaired) electrons. The number of imidazole rings is 1. The number of carbonyl (C=O) groups is 1. The van der Waals surface area contributed by atoms with E-state index in [2.05, 4.69) is 10.6 Å². The highest BCUT2D eigenvalue weighted by molar-refractivity contribution is 6.30. The van der Waals surface area contributed by atoms with Crippen LogP contribution in [-0.2, 0) is 13.1 Å². The first-order chi connectivity index (χ1) is 13.1. The van der Waals surface area contributed by atoms with Crippen molar-refractivity contribution in [2.45, 2.75) is 13.1 Å². The van der Waals surface area contributed by atoms with Crippen molar-refractivity contribution in [1.82, 2.24) is 4.57 Å². The monoisotopic (exact) mass is 395 g/mol. The quantitative estimate of drug-likeness (QED) is 0.338. The van der Waals surface area contributed by atoms with Crippen molar-refractivity contribution >= 4 is 40.0 Å². The zero-order valence-corrected chi connectivity index (χ0v) is 16.0. The van der Waals surface area contributed by atoms with Crippen molar-refractivity contribution in [1.29, 1.82) is 0 Å². The first kappa shape index (κ1) is 17.8. The third kappa shape index (κ3) is 3.90. The van der Waals surface area contributed by atoms with Crippen LogP contribution < -0.4 is 4.57 Å². The number of para-hydroxylation sites is 2. The number of halogens is 2. The molecule has 0 amide bonds. The van der Waals surface area contributed by atoms with Gasteiger partial charge in [0.1, 0.15) is 6.54 Å². The van der Waals surface area contributed by atoms with Gasteiger partial charge in [-0.15, -0.1) is 0 Å².